The molecular formula is C44H52FN7O10. The van der Waals surface area contributed by atoms with E-state index in [0.29, 0.717) is 76.5 Å². The number of carbonyl (C=O) groups excluding carboxylic acids is 6. The number of carbonyl (C=O) groups is 6. The second-order valence-corrected chi connectivity index (χ2v) is 15.6. The summed E-state index contributed by atoms with van der Waals surface area (Å²) in [6, 6.07) is 17.8. The molecule has 18 heteroatoms. The lowest BCUT2D eigenvalue weighted by Gasteiger charge is -2.36. The van der Waals surface area contributed by atoms with E-state index in [1.165, 1.54) is 46.0 Å². The standard InChI is InChI=1S/C44H52FN7O10/c1-59-43(57)51-21-23-61-27-37(51)41(55)49-19-3-5-35(49)39(53)46-32-13-7-29(8-14-32)25-48(34-17-11-31(45)12-18-34)26-30-9-15-33(16-10-30)47-40(54)36-6-4-20-50(36)42(56)38-28-62-24-22-52(38)44(58)60-2/h7-18,35-38H,3-6,19-28H2,1-2H3,(H,46,53)(H,47,54)/t35-,36-,37-,38-/m0/s1. The Bertz CT molecular complexity index is 1960. The summed E-state index contributed by atoms with van der Waals surface area (Å²) in [5.74, 6) is -1.72. The van der Waals surface area contributed by atoms with Crippen molar-refractivity contribution < 1.29 is 52.1 Å². The van der Waals surface area contributed by atoms with Crippen LogP contribution < -0.4 is 15.5 Å². The molecular weight excluding hydrogens is 806 g/mol. The van der Waals surface area contributed by atoms with Gasteiger partial charge in [-0.15, -0.1) is 0 Å². The van der Waals surface area contributed by atoms with E-state index in [4.69, 9.17) is 18.9 Å². The largest absolute Gasteiger partial charge is 0.453 e. The second kappa shape index (κ2) is 20.1. The van der Waals surface area contributed by atoms with Crippen LogP contribution in [0.4, 0.5) is 31.0 Å². The maximum Gasteiger partial charge on any atom is 0.410 e. The fourth-order valence-electron chi connectivity index (χ4n) is 8.45. The normalized spacial score (nSPS) is 21.3. The fraction of sp³-hybridized carbons (Fsp3) is 0.455. The third-order valence-corrected chi connectivity index (χ3v) is 11.7. The maximum atomic E-state index is 14.0. The molecule has 0 radical (unpaired) electrons. The molecule has 62 heavy (non-hydrogen) atoms. The smallest absolute Gasteiger partial charge is 0.410 e. The van der Waals surface area contributed by atoms with Crippen LogP contribution in [0.5, 0.6) is 0 Å². The summed E-state index contributed by atoms with van der Waals surface area (Å²) >= 11 is 0. The highest BCUT2D eigenvalue weighted by Gasteiger charge is 2.43. The SMILES string of the molecule is COC(=O)N1CCOC[C@H]1C(=O)N1CCC[C@H]1C(=O)Nc1ccc(CN(Cc2ccc(NC(=O)[C@@H]3CCCN3C(=O)[C@@H]3COCCN3C(=O)OC)cc2)c2ccc(F)cc2)cc1. The summed E-state index contributed by atoms with van der Waals surface area (Å²) in [6.45, 7) is 2.73. The summed E-state index contributed by atoms with van der Waals surface area (Å²) in [6.07, 6.45) is 1.02. The van der Waals surface area contributed by atoms with Gasteiger partial charge in [-0.3, -0.25) is 29.0 Å². The van der Waals surface area contributed by atoms with E-state index < -0.39 is 36.4 Å². The number of benzene rings is 3. The zero-order chi connectivity index (χ0) is 43.8. The lowest BCUT2D eigenvalue weighted by Crippen LogP contribution is -2.58. The Morgan fingerprint density at radius 1 is 0.597 bits per heavy atom. The Morgan fingerprint density at radius 2 is 1.02 bits per heavy atom. The Morgan fingerprint density at radius 3 is 1.42 bits per heavy atom. The maximum absolute atomic E-state index is 14.0. The molecule has 0 bridgehead atoms. The molecule has 4 aliphatic rings. The number of likely N-dealkylation sites (tertiary alicyclic amines) is 2. The van der Waals surface area contributed by atoms with Crippen LogP contribution in [0.2, 0.25) is 0 Å². The van der Waals surface area contributed by atoms with Gasteiger partial charge in [0.1, 0.15) is 30.0 Å². The topological polar surface area (TPSA) is 180 Å². The molecule has 4 aliphatic heterocycles. The molecule has 4 fully saturated rings. The number of morpholine rings is 2. The Labute approximate surface area is 358 Å². The van der Waals surface area contributed by atoms with Gasteiger partial charge in [0.05, 0.1) is 40.6 Å². The van der Waals surface area contributed by atoms with Crippen LogP contribution in [-0.4, -0.2) is 146 Å². The van der Waals surface area contributed by atoms with Crippen LogP contribution in [0.15, 0.2) is 72.8 Å². The van der Waals surface area contributed by atoms with Gasteiger partial charge in [-0.2, -0.15) is 0 Å². The van der Waals surface area contributed by atoms with Crippen LogP contribution in [0, 0.1) is 5.82 Å². The molecule has 0 aliphatic carbocycles. The fourth-order valence-corrected chi connectivity index (χ4v) is 8.45. The van der Waals surface area contributed by atoms with E-state index in [1.54, 1.807) is 36.4 Å². The van der Waals surface area contributed by atoms with Gasteiger partial charge in [-0.1, -0.05) is 24.3 Å². The lowest BCUT2D eigenvalue weighted by molar-refractivity contribution is -0.145. The third-order valence-electron chi connectivity index (χ3n) is 11.7. The minimum Gasteiger partial charge on any atom is -0.453 e. The predicted octanol–water partition coefficient (Wildman–Crippen LogP) is 3.83. The number of amides is 6. The highest BCUT2D eigenvalue weighted by Crippen LogP contribution is 2.27. The summed E-state index contributed by atoms with van der Waals surface area (Å²) in [5, 5.41) is 5.89. The third kappa shape index (κ3) is 10.1. The summed E-state index contributed by atoms with van der Waals surface area (Å²) in [7, 11) is 2.52. The molecule has 330 valence electrons. The van der Waals surface area contributed by atoms with Crippen LogP contribution in [0.1, 0.15) is 36.8 Å². The van der Waals surface area contributed by atoms with Gasteiger partial charge in [0.25, 0.3) is 0 Å². The summed E-state index contributed by atoms with van der Waals surface area (Å²) in [4.78, 5) is 86.7. The minimum atomic E-state index is -0.871. The molecule has 7 rings (SSSR count). The Kier molecular flexibility index (Phi) is 14.2. The molecule has 17 nitrogen and oxygen atoms in total. The van der Waals surface area contributed by atoms with E-state index in [9.17, 15) is 33.2 Å². The first kappa shape index (κ1) is 43.8. The van der Waals surface area contributed by atoms with Crippen LogP contribution in [-0.2, 0) is 51.2 Å². The van der Waals surface area contributed by atoms with Crippen molar-refractivity contribution in [3.05, 3.63) is 89.7 Å². The first-order valence-electron chi connectivity index (χ1n) is 20.8. The molecule has 0 unspecified atom stereocenters. The first-order chi connectivity index (χ1) is 30.0. The Balaban J connectivity index is 0.967. The number of anilines is 3. The van der Waals surface area contributed by atoms with Crippen molar-refractivity contribution in [3.63, 3.8) is 0 Å². The number of rotatable bonds is 11. The molecule has 3 aromatic rings. The Hall–Kier alpha value is -6.27. The molecule has 4 heterocycles. The van der Waals surface area contributed by atoms with Crippen molar-refractivity contribution in [2.75, 3.05) is 82.4 Å². The van der Waals surface area contributed by atoms with Crippen molar-refractivity contribution in [3.8, 4) is 0 Å². The lowest BCUT2D eigenvalue weighted by atomic mass is 10.1. The molecule has 0 spiro atoms. The van der Waals surface area contributed by atoms with Crippen molar-refractivity contribution in [1.82, 2.24) is 19.6 Å². The minimum absolute atomic E-state index is 0.0291. The number of halogens is 1. The highest BCUT2D eigenvalue weighted by molar-refractivity contribution is 5.99. The van der Waals surface area contributed by atoms with Crippen molar-refractivity contribution in [2.24, 2.45) is 0 Å². The van der Waals surface area contributed by atoms with Gasteiger partial charge in [0, 0.05) is 56.3 Å². The molecule has 2 N–H and O–H groups in total. The van der Waals surface area contributed by atoms with E-state index in [0.717, 1.165) is 16.8 Å². The molecule has 0 aromatic heterocycles. The number of methoxy groups -OCH3 is 2. The number of nitrogens with zero attached hydrogens (tertiary/aromatic N) is 5. The number of ether oxygens (including phenoxy) is 4. The van der Waals surface area contributed by atoms with E-state index >= 15 is 0 Å². The number of hydrogen-bond acceptors (Lipinski definition) is 11. The van der Waals surface area contributed by atoms with Gasteiger partial charge >= 0.3 is 12.2 Å². The quantitative estimate of drug-likeness (QED) is 0.287. The van der Waals surface area contributed by atoms with Crippen molar-refractivity contribution >= 4 is 52.9 Å². The average Bonchev–Trinajstić information content (AvgIpc) is 4.01. The van der Waals surface area contributed by atoms with Crippen molar-refractivity contribution in [2.45, 2.75) is 62.9 Å². The van der Waals surface area contributed by atoms with E-state index in [-0.39, 0.29) is 55.7 Å². The van der Waals surface area contributed by atoms with Crippen LogP contribution >= 0.6 is 0 Å². The van der Waals surface area contributed by atoms with Gasteiger partial charge in [0.2, 0.25) is 23.6 Å². The van der Waals surface area contributed by atoms with E-state index in [1.807, 2.05) is 24.3 Å². The predicted molar refractivity (Wildman–Crippen MR) is 223 cm³/mol. The van der Waals surface area contributed by atoms with Gasteiger partial charge in [0.15, 0.2) is 0 Å². The zero-order valence-electron chi connectivity index (χ0n) is 34.8. The van der Waals surface area contributed by atoms with Gasteiger partial charge in [-0.25, -0.2) is 14.0 Å². The number of nitrogens with one attached hydrogen (secondary N) is 2. The van der Waals surface area contributed by atoms with Crippen LogP contribution in [0.3, 0.4) is 0 Å². The highest BCUT2D eigenvalue weighted by atomic mass is 19.1. The van der Waals surface area contributed by atoms with Crippen LogP contribution in [0.25, 0.3) is 0 Å². The average molecular weight is 858 g/mol. The first-order valence-corrected chi connectivity index (χ1v) is 20.8. The second-order valence-electron chi connectivity index (χ2n) is 15.6. The zero-order valence-corrected chi connectivity index (χ0v) is 34.8. The van der Waals surface area contributed by atoms with Gasteiger partial charge in [-0.05, 0) is 85.3 Å². The molecule has 0 saturated carbocycles. The molecule has 3 aromatic carbocycles. The summed E-state index contributed by atoms with van der Waals surface area (Å²) in [5.41, 5.74) is 3.72. The van der Waals surface area contributed by atoms with Crippen molar-refractivity contribution in [1.29, 1.82) is 0 Å². The molecule has 4 saturated heterocycles. The molecule has 4 atom stereocenters. The number of hydrogen-bond donors (Lipinski definition) is 2. The van der Waals surface area contributed by atoms with E-state index in [2.05, 4.69) is 15.5 Å². The summed E-state index contributed by atoms with van der Waals surface area (Å²) < 4.78 is 34.7. The monoisotopic (exact) mass is 857 g/mol. The molecule has 6 amide bonds. The van der Waals surface area contributed by atoms with Gasteiger partial charge < -0.3 is 44.3 Å².